The van der Waals surface area contributed by atoms with Crippen LogP contribution < -0.4 is 15.4 Å². The number of anilines is 3. The van der Waals surface area contributed by atoms with Crippen LogP contribution in [0.5, 0.6) is 5.75 Å². The van der Waals surface area contributed by atoms with Gasteiger partial charge in [0.2, 0.25) is 10.0 Å². The molecule has 3 N–H and O–H groups in total. The van der Waals surface area contributed by atoms with Crippen molar-refractivity contribution in [2.24, 2.45) is 0 Å². The van der Waals surface area contributed by atoms with Crippen LogP contribution in [-0.4, -0.2) is 62.1 Å². The van der Waals surface area contributed by atoms with Gasteiger partial charge in [-0.1, -0.05) is 0 Å². The zero-order chi connectivity index (χ0) is 23.0. The molecule has 3 aromatic rings. The highest BCUT2D eigenvalue weighted by Crippen LogP contribution is 2.35. The number of hydrogen-bond acceptors (Lipinski definition) is 8. The van der Waals surface area contributed by atoms with Gasteiger partial charge in [-0.05, 0) is 25.0 Å². The van der Waals surface area contributed by atoms with Crippen molar-refractivity contribution >= 4 is 38.2 Å². The molecule has 172 valence electrons. The first-order valence-electron chi connectivity index (χ1n) is 10.7. The summed E-state index contributed by atoms with van der Waals surface area (Å²) in [5.41, 5.74) is 2.52. The Kier molecular flexibility index (Phi) is 5.57. The number of morpholine rings is 1. The van der Waals surface area contributed by atoms with Crippen molar-refractivity contribution in [1.29, 1.82) is 5.26 Å². The molecule has 5 rings (SSSR count). The van der Waals surface area contributed by atoms with Crippen LogP contribution in [0.2, 0.25) is 0 Å². The molecule has 1 aliphatic heterocycles. The summed E-state index contributed by atoms with van der Waals surface area (Å²) in [6.07, 6.45) is 3.82. The highest BCUT2D eigenvalue weighted by Gasteiger charge is 2.27. The molecule has 0 amide bonds. The van der Waals surface area contributed by atoms with Gasteiger partial charge in [0.05, 0.1) is 47.5 Å². The summed E-state index contributed by atoms with van der Waals surface area (Å²) >= 11 is 0. The third kappa shape index (κ3) is 4.20. The van der Waals surface area contributed by atoms with E-state index in [1.54, 1.807) is 18.3 Å². The minimum atomic E-state index is -3.64. The minimum absolute atomic E-state index is 0.161. The van der Waals surface area contributed by atoms with Gasteiger partial charge < -0.3 is 25.1 Å². The van der Waals surface area contributed by atoms with Crippen molar-refractivity contribution in [2.45, 2.75) is 23.8 Å². The van der Waals surface area contributed by atoms with Crippen LogP contribution in [0.25, 0.3) is 11.0 Å². The first-order valence-corrected chi connectivity index (χ1v) is 12.2. The standard InChI is InChI=1S/C22H24N6O4S/c1-31-19-10-16(33(29,30)28-6-8-32-9-7-28)4-5-17(19)26-20-11-18(25-15-2-3-15)21-14(12-23)13-24-22(21)27-20/h4-5,10-11,13,15H,2-3,6-9H2,1H3,(H3,24,25,26,27). The summed E-state index contributed by atoms with van der Waals surface area (Å²) in [5, 5.41) is 16.9. The third-order valence-electron chi connectivity index (χ3n) is 5.74. The molecule has 0 unspecified atom stereocenters. The zero-order valence-corrected chi connectivity index (χ0v) is 18.9. The second-order valence-corrected chi connectivity index (χ2v) is 9.95. The normalized spacial score (nSPS) is 17.0. The van der Waals surface area contributed by atoms with E-state index < -0.39 is 10.0 Å². The first kappa shape index (κ1) is 21.5. The van der Waals surface area contributed by atoms with E-state index in [0.29, 0.717) is 60.8 Å². The topological polar surface area (TPSA) is 132 Å². The van der Waals surface area contributed by atoms with Crippen molar-refractivity contribution < 1.29 is 17.9 Å². The number of rotatable bonds is 7. The van der Waals surface area contributed by atoms with Crippen molar-refractivity contribution in [3.8, 4) is 11.8 Å². The monoisotopic (exact) mass is 468 g/mol. The molecule has 0 spiro atoms. The summed E-state index contributed by atoms with van der Waals surface area (Å²) in [6.45, 7) is 1.42. The molecule has 10 nitrogen and oxygen atoms in total. The number of H-pyrrole nitrogens is 1. The number of fused-ring (bicyclic) bond motifs is 1. The molecule has 11 heteroatoms. The Morgan fingerprint density at radius 3 is 2.73 bits per heavy atom. The van der Waals surface area contributed by atoms with Crippen LogP contribution in [0, 0.1) is 11.3 Å². The molecule has 0 radical (unpaired) electrons. The van der Waals surface area contributed by atoms with Gasteiger partial charge in [0.1, 0.15) is 23.3 Å². The molecule has 1 saturated carbocycles. The fourth-order valence-electron chi connectivity index (χ4n) is 3.86. The summed E-state index contributed by atoms with van der Waals surface area (Å²) in [7, 11) is -2.15. The van der Waals surface area contributed by atoms with Crippen LogP contribution in [0.4, 0.5) is 17.2 Å². The molecule has 1 aromatic carbocycles. The van der Waals surface area contributed by atoms with Gasteiger partial charge >= 0.3 is 0 Å². The maximum atomic E-state index is 13.0. The number of aromatic nitrogens is 2. The summed E-state index contributed by atoms with van der Waals surface area (Å²) in [4.78, 5) is 7.81. The number of nitrogens with one attached hydrogen (secondary N) is 3. The first-order chi connectivity index (χ1) is 16.0. The van der Waals surface area contributed by atoms with Gasteiger partial charge in [0.15, 0.2) is 0 Å². The Morgan fingerprint density at radius 1 is 1.24 bits per heavy atom. The SMILES string of the molecule is COc1cc(S(=O)(=O)N2CCOCC2)ccc1Nc1cc(NC2CC2)c2c(C#N)c[nH]c2n1. The number of sulfonamides is 1. The molecule has 1 aliphatic carbocycles. The fraction of sp³-hybridized carbons (Fsp3) is 0.364. The van der Waals surface area contributed by atoms with E-state index in [9.17, 15) is 13.7 Å². The lowest BCUT2D eigenvalue weighted by molar-refractivity contribution is 0.0730. The van der Waals surface area contributed by atoms with Crippen LogP contribution in [-0.2, 0) is 14.8 Å². The van der Waals surface area contributed by atoms with Crippen molar-refractivity contribution in [3.05, 3.63) is 36.0 Å². The van der Waals surface area contributed by atoms with Gasteiger partial charge in [-0.15, -0.1) is 0 Å². The van der Waals surface area contributed by atoms with Gasteiger partial charge in [-0.3, -0.25) is 0 Å². The Hall–Kier alpha value is -3.33. The molecule has 2 fully saturated rings. The number of pyridine rings is 1. The van der Waals surface area contributed by atoms with Gasteiger partial charge in [-0.25, -0.2) is 13.4 Å². The summed E-state index contributed by atoms with van der Waals surface area (Å²) in [5.74, 6) is 0.922. The van der Waals surface area contributed by atoms with Gasteiger partial charge in [-0.2, -0.15) is 9.57 Å². The molecule has 2 aliphatic rings. The Balaban J connectivity index is 1.47. The lowest BCUT2D eigenvalue weighted by atomic mass is 10.2. The van der Waals surface area contributed by atoms with E-state index in [2.05, 4.69) is 26.7 Å². The molecule has 1 saturated heterocycles. The van der Waals surface area contributed by atoms with E-state index in [1.807, 2.05) is 6.07 Å². The Bertz CT molecular complexity index is 1340. The average molecular weight is 469 g/mol. The summed E-state index contributed by atoms with van der Waals surface area (Å²) in [6, 6.07) is 9.18. The minimum Gasteiger partial charge on any atom is -0.495 e. The molecule has 2 aromatic heterocycles. The number of aromatic amines is 1. The van der Waals surface area contributed by atoms with Gasteiger partial charge in [0, 0.05) is 37.5 Å². The number of methoxy groups -OCH3 is 1. The maximum absolute atomic E-state index is 13.0. The highest BCUT2D eigenvalue weighted by molar-refractivity contribution is 7.89. The quantitative estimate of drug-likeness (QED) is 0.482. The second kappa shape index (κ2) is 8.55. The Labute approximate surface area is 191 Å². The third-order valence-corrected chi connectivity index (χ3v) is 7.64. The lowest BCUT2D eigenvalue weighted by Gasteiger charge is -2.26. The summed E-state index contributed by atoms with van der Waals surface area (Å²) < 4.78 is 38.2. The van der Waals surface area contributed by atoms with E-state index in [4.69, 9.17) is 9.47 Å². The molecular weight excluding hydrogens is 444 g/mol. The predicted molar refractivity (Wildman–Crippen MR) is 123 cm³/mol. The van der Waals surface area contributed by atoms with Gasteiger partial charge in [0.25, 0.3) is 0 Å². The fourth-order valence-corrected chi connectivity index (χ4v) is 5.28. The van der Waals surface area contributed by atoms with Crippen molar-refractivity contribution in [3.63, 3.8) is 0 Å². The number of benzene rings is 1. The number of nitrogens with zero attached hydrogens (tertiary/aromatic N) is 3. The van der Waals surface area contributed by atoms with Crippen molar-refractivity contribution in [1.82, 2.24) is 14.3 Å². The molecular formula is C22H24N6O4S. The second-order valence-electron chi connectivity index (χ2n) is 8.01. The average Bonchev–Trinajstić information content (AvgIpc) is 3.55. The molecule has 0 atom stereocenters. The number of ether oxygens (including phenoxy) is 2. The number of hydrogen-bond donors (Lipinski definition) is 3. The maximum Gasteiger partial charge on any atom is 0.243 e. The largest absolute Gasteiger partial charge is 0.495 e. The molecule has 3 heterocycles. The highest BCUT2D eigenvalue weighted by atomic mass is 32.2. The van der Waals surface area contributed by atoms with E-state index in [-0.39, 0.29) is 4.90 Å². The van der Waals surface area contributed by atoms with E-state index in [0.717, 1.165) is 23.9 Å². The van der Waals surface area contributed by atoms with E-state index >= 15 is 0 Å². The lowest BCUT2D eigenvalue weighted by Crippen LogP contribution is -2.40. The van der Waals surface area contributed by atoms with Crippen LogP contribution >= 0.6 is 0 Å². The smallest absolute Gasteiger partial charge is 0.243 e. The Morgan fingerprint density at radius 2 is 2.03 bits per heavy atom. The van der Waals surface area contributed by atoms with Crippen LogP contribution in [0.15, 0.2) is 35.4 Å². The molecule has 0 bridgehead atoms. The van der Waals surface area contributed by atoms with E-state index in [1.165, 1.54) is 17.5 Å². The van der Waals surface area contributed by atoms with Crippen molar-refractivity contribution in [2.75, 3.05) is 44.0 Å². The predicted octanol–water partition coefficient (Wildman–Crippen LogP) is 2.78. The van der Waals surface area contributed by atoms with Crippen LogP contribution in [0.3, 0.4) is 0 Å². The number of nitriles is 1. The molecule has 33 heavy (non-hydrogen) atoms. The van der Waals surface area contributed by atoms with Crippen LogP contribution in [0.1, 0.15) is 18.4 Å². The zero-order valence-electron chi connectivity index (χ0n) is 18.1.